The molecule has 1 saturated heterocycles. The lowest BCUT2D eigenvalue weighted by molar-refractivity contribution is 0.0951. The molecule has 128 valence electrons. The minimum absolute atomic E-state index is 0.00999. The van der Waals surface area contributed by atoms with Gasteiger partial charge in [0.05, 0.1) is 7.11 Å². The number of rotatable bonds is 8. The zero-order valence-corrected chi connectivity index (χ0v) is 14.4. The number of piperazine rings is 1. The van der Waals surface area contributed by atoms with Crippen molar-refractivity contribution < 1.29 is 9.53 Å². The van der Waals surface area contributed by atoms with Gasteiger partial charge in [0.25, 0.3) is 5.91 Å². The predicted octanol–water partition coefficient (Wildman–Crippen LogP) is 1.84. The molecule has 1 heterocycles. The van der Waals surface area contributed by atoms with Crippen LogP contribution in [0.5, 0.6) is 5.75 Å². The highest BCUT2D eigenvalue weighted by molar-refractivity contribution is 5.94. The molecule has 0 saturated carbocycles. The first-order valence-electron chi connectivity index (χ1n) is 8.60. The molecule has 0 bridgehead atoms. The highest BCUT2D eigenvalue weighted by atomic mass is 16.5. The Balaban J connectivity index is 1.57. The smallest absolute Gasteiger partial charge is 0.251 e. The molecule has 2 rings (SSSR count). The van der Waals surface area contributed by atoms with Gasteiger partial charge in [0.15, 0.2) is 0 Å². The summed E-state index contributed by atoms with van der Waals surface area (Å²) in [6.07, 6.45) is 2.16. The van der Waals surface area contributed by atoms with Crippen LogP contribution in [-0.2, 0) is 0 Å². The normalized spacial score (nSPS) is 16.3. The Morgan fingerprint density at radius 2 is 1.74 bits per heavy atom. The Labute approximate surface area is 139 Å². The second kappa shape index (κ2) is 9.53. The number of amides is 1. The van der Waals surface area contributed by atoms with Gasteiger partial charge in [-0.05, 0) is 50.2 Å². The summed E-state index contributed by atoms with van der Waals surface area (Å²) in [5.74, 6) is 0.758. The fourth-order valence-electron chi connectivity index (χ4n) is 2.84. The van der Waals surface area contributed by atoms with Crippen molar-refractivity contribution in [1.82, 2.24) is 15.1 Å². The molecule has 1 amide bonds. The van der Waals surface area contributed by atoms with Crippen molar-refractivity contribution in [2.75, 3.05) is 52.9 Å². The Morgan fingerprint density at radius 1 is 1.09 bits per heavy atom. The Kier molecular flexibility index (Phi) is 7.36. The van der Waals surface area contributed by atoms with Crippen LogP contribution in [0, 0.1) is 0 Å². The third-order valence-corrected chi connectivity index (χ3v) is 4.45. The van der Waals surface area contributed by atoms with Crippen LogP contribution in [0.15, 0.2) is 24.3 Å². The average Bonchev–Trinajstić information content (AvgIpc) is 2.62. The van der Waals surface area contributed by atoms with Gasteiger partial charge in [0.1, 0.15) is 5.75 Å². The number of unbranched alkanes of at least 4 members (excludes halogenated alkanes) is 1. The molecule has 1 N–H and O–H groups in total. The van der Waals surface area contributed by atoms with E-state index in [9.17, 15) is 4.79 Å². The molecular weight excluding hydrogens is 290 g/mol. The van der Waals surface area contributed by atoms with E-state index in [1.807, 2.05) is 12.1 Å². The van der Waals surface area contributed by atoms with Crippen LogP contribution in [0.25, 0.3) is 0 Å². The molecule has 0 radical (unpaired) electrons. The molecule has 5 nitrogen and oxygen atoms in total. The average molecular weight is 319 g/mol. The van der Waals surface area contributed by atoms with Crippen LogP contribution >= 0.6 is 0 Å². The SMILES string of the molecule is CCN1CCN(CCCCNC(=O)c2ccc(OC)cc2)CC1. The summed E-state index contributed by atoms with van der Waals surface area (Å²) in [6, 6.07) is 7.21. The van der Waals surface area contributed by atoms with E-state index in [0.29, 0.717) is 5.56 Å². The first-order chi connectivity index (χ1) is 11.2. The van der Waals surface area contributed by atoms with Crippen LogP contribution in [0.3, 0.4) is 0 Å². The lowest BCUT2D eigenvalue weighted by Crippen LogP contribution is -2.46. The van der Waals surface area contributed by atoms with Gasteiger partial charge in [-0.1, -0.05) is 6.92 Å². The fraction of sp³-hybridized carbons (Fsp3) is 0.611. The number of nitrogens with zero attached hydrogens (tertiary/aromatic N) is 2. The van der Waals surface area contributed by atoms with Gasteiger partial charge in [-0.15, -0.1) is 0 Å². The molecule has 0 aromatic heterocycles. The summed E-state index contributed by atoms with van der Waals surface area (Å²) in [4.78, 5) is 17.0. The Hall–Kier alpha value is -1.59. The van der Waals surface area contributed by atoms with Gasteiger partial charge in [-0.2, -0.15) is 0 Å². The molecule has 1 aliphatic heterocycles. The van der Waals surface area contributed by atoms with E-state index in [0.717, 1.165) is 38.2 Å². The molecule has 1 aromatic carbocycles. The minimum Gasteiger partial charge on any atom is -0.497 e. The predicted molar refractivity (Wildman–Crippen MR) is 93.1 cm³/mol. The zero-order valence-electron chi connectivity index (χ0n) is 14.4. The van der Waals surface area contributed by atoms with Crippen molar-refractivity contribution >= 4 is 5.91 Å². The van der Waals surface area contributed by atoms with Crippen LogP contribution in [0.2, 0.25) is 0 Å². The third-order valence-electron chi connectivity index (χ3n) is 4.45. The molecule has 5 heteroatoms. The number of ether oxygens (including phenoxy) is 1. The highest BCUT2D eigenvalue weighted by Crippen LogP contribution is 2.11. The number of likely N-dealkylation sites (N-methyl/N-ethyl adjacent to an activating group) is 1. The van der Waals surface area contributed by atoms with Crippen LogP contribution in [0.1, 0.15) is 30.1 Å². The number of methoxy groups -OCH3 is 1. The number of benzene rings is 1. The number of carbonyl (C=O) groups excluding carboxylic acids is 1. The van der Waals surface area contributed by atoms with Gasteiger partial charge in [-0.25, -0.2) is 0 Å². The van der Waals surface area contributed by atoms with Crippen molar-refractivity contribution in [1.29, 1.82) is 0 Å². The van der Waals surface area contributed by atoms with Gasteiger partial charge < -0.3 is 19.9 Å². The molecular formula is C18H29N3O2. The lowest BCUT2D eigenvalue weighted by Gasteiger charge is -2.33. The van der Waals surface area contributed by atoms with E-state index in [1.165, 1.54) is 26.2 Å². The summed E-state index contributed by atoms with van der Waals surface area (Å²) in [5, 5.41) is 2.98. The molecule has 0 atom stereocenters. The van der Waals surface area contributed by atoms with Crippen molar-refractivity contribution in [3.63, 3.8) is 0 Å². The van der Waals surface area contributed by atoms with Gasteiger partial charge in [0.2, 0.25) is 0 Å². The topological polar surface area (TPSA) is 44.8 Å². The highest BCUT2D eigenvalue weighted by Gasteiger charge is 2.14. The molecule has 1 aromatic rings. The van der Waals surface area contributed by atoms with E-state index >= 15 is 0 Å². The number of nitrogens with one attached hydrogen (secondary N) is 1. The summed E-state index contributed by atoms with van der Waals surface area (Å²) in [7, 11) is 1.62. The van der Waals surface area contributed by atoms with Crippen LogP contribution in [-0.4, -0.2) is 68.6 Å². The molecule has 23 heavy (non-hydrogen) atoms. The molecule has 0 aliphatic carbocycles. The quantitative estimate of drug-likeness (QED) is 0.743. The molecule has 1 aliphatic rings. The Bertz CT molecular complexity index is 468. The van der Waals surface area contributed by atoms with Crippen molar-refractivity contribution in [3.05, 3.63) is 29.8 Å². The maximum atomic E-state index is 12.0. The lowest BCUT2D eigenvalue weighted by atomic mass is 10.2. The zero-order chi connectivity index (χ0) is 16.5. The maximum absolute atomic E-state index is 12.0. The van der Waals surface area contributed by atoms with Crippen molar-refractivity contribution in [2.45, 2.75) is 19.8 Å². The standard InChI is InChI=1S/C18H29N3O2/c1-3-20-12-14-21(15-13-20)11-5-4-10-19-18(22)16-6-8-17(23-2)9-7-16/h6-9H,3-5,10-15H2,1-2H3,(H,19,22). The number of hydrogen-bond donors (Lipinski definition) is 1. The van der Waals surface area contributed by atoms with E-state index in [-0.39, 0.29) is 5.91 Å². The van der Waals surface area contributed by atoms with E-state index in [1.54, 1.807) is 19.2 Å². The summed E-state index contributed by atoms with van der Waals surface area (Å²) in [6.45, 7) is 9.97. The Morgan fingerprint density at radius 3 is 2.35 bits per heavy atom. The van der Waals surface area contributed by atoms with E-state index in [4.69, 9.17) is 4.74 Å². The fourth-order valence-corrected chi connectivity index (χ4v) is 2.84. The first kappa shape index (κ1) is 17.8. The number of hydrogen-bond acceptors (Lipinski definition) is 4. The maximum Gasteiger partial charge on any atom is 0.251 e. The van der Waals surface area contributed by atoms with Crippen molar-refractivity contribution in [2.24, 2.45) is 0 Å². The first-order valence-corrected chi connectivity index (χ1v) is 8.60. The molecule has 1 fully saturated rings. The second-order valence-corrected chi connectivity index (χ2v) is 5.97. The van der Waals surface area contributed by atoms with Gasteiger partial charge >= 0.3 is 0 Å². The van der Waals surface area contributed by atoms with E-state index < -0.39 is 0 Å². The van der Waals surface area contributed by atoms with Gasteiger partial charge in [0, 0.05) is 38.3 Å². The monoisotopic (exact) mass is 319 g/mol. The summed E-state index contributed by atoms with van der Waals surface area (Å²) < 4.78 is 5.09. The molecule has 0 unspecified atom stereocenters. The van der Waals surface area contributed by atoms with E-state index in [2.05, 4.69) is 22.0 Å². The number of carbonyl (C=O) groups is 1. The second-order valence-electron chi connectivity index (χ2n) is 5.97. The van der Waals surface area contributed by atoms with Crippen LogP contribution < -0.4 is 10.1 Å². The van der Waals surface area contributed by atoms with Gasteiger partial charge in [-0.3, -0.25) is 4.79 Å². The largest absolute Gasteiger partial charge is 0.497 e. The minimum atomic E-state index is -0.00999. The third kappa shape index (κ3) is 5.84. The molecule has 0 spiro atoms. The van der Waals surface area contributed by atoms with Crippen molar-refractivity contribution in [3.8, 4) is 5.75 Å². The van der Waals surface area contributed by atoms with Crippen LogP contribution in [0.4, 0.5) is 0 Å². The summed E-state index contributed by atoms with van der Waals surface area (Å²) >= 11 is 0. The summed E-state index contributed by atoms with van der Waals surface area (Å²) in [5.41, 5.74) is 0.682.